The fourth-order valence-corrected chi connectivity index (χ4v) is 4.62. The van der Waals surface area contributed by atoms with Crippen LogP contribution in [0.25, 0.3) is 5.65 Å². The Kier molecular flexibility index (Phi) is 7.70. The van der Waals surface area contributed by atoms with E-state index in [-0.39, 0.29) is 29.7 Å². The molecule has 0 bridgehead atoms. The molecule has 10 heteroatoms. The molecule has 3 heterocycles. The molecule has 9 nitrogen and oxygen atoms in total. The summed E-state index contributed by atoms with van der Waals surface area (Å²) in [4.78, 5) is 44.7. The van der Waals surface area contributed by atoms with E-state index in [9.17, 15) is 14.4 Å². The number of nitrogens with one attached hydrogen (secondary N) is 1. The van der Waals surface area contributed by atoms with Crippen LogP contribution in [0, 0.1) is 13.8 Å². The van der Waals surface area contributed by atoms with Crippen molar-refractivity contribution in [1.82, 2.24) is 14.3 Å². The first-order valence-corrected chi connectivity index (χ1v) is 11.6. The van der Waals surface area contributed by atoms with Crippen molar-refractivity contribution in [3.05, 3.63) is 46.2 Å². The van der Waals surface area contributed by atoms with Gasteiger partial charge in [-0.3, -0.25) is 9.59 Å². The molecular formula is C23H28N4O5S. The smallest absolute Gasteiger partial charge is 0.341 e. The third-order valence-electron chi connectivity index (χ3n) is 5.05. The lowest BCUT2D eigenvalue weighted by Gasteiger charge is -2.18. The molecule has 0 radical (unpaired) electrons. The van der Waals surface area contributed by atoms with E-state index >= 15 is 0 Å². The molecule has 0 atom stereocenters. The summed E-state index contributed by atoms with van der Waals surface area (Å²) in [6.07, 6.45) is 3.70. The number of carbonyl (C=O) groups is 3. The van der Waals surface area contributed by atoms with E-state index in [1.54, 1.807) is 30.9 Å². The normalized spacial score (nSPS) is 10.8. The summed E-state index contributed by atoms with van der Waals surface area (Å²) in [6, 6.07) is 3.53. The molecule has 0 aliphatic heterocycles. The van der Waals surface area contributed by atoms with Gasteiger partial charge in [0.25, 0.3) is 11.8 Å². The molecule has 0 aliphatic carbocycles. The van der Waals surface area contributed by atoms with Crippen molar-refractivity contribution in [3.8, 4) is 5.75 Å². The van der Waals surface area contributed by atoms with Gasteiger partial charge in [-0.15, -0.1) is 11.3 Å². The van der Waals surface area contributed by atoms with E-state index in [0.29, 0.717) is 34.9 Å². The molecule has 2 amide bonds. The van der Waals surface area contributed by atoms with Gasteiger partial charge in [-0.1, -0.05) is 0 Å². The summed E-state index contributed by atoms with van der Waals surface area (Å²) < 4.78 is 12.7. The van der Waals surface area contributed by atoms with Crippen LogP contribution in [0.3, 0.4) is 0 Å². The van der Waals surface area contributed by atoms with Gasteiger partial charge in [0, 0.05) is 25.5 Å². The maximum atomic E-state index is 12.9. The number of ether oxygens (including phenoxy) is 2. The summed E-state index contributed by atoms with van der Waals surface area (Å²) in [5.74, 6) is -0.773. The monoisotopic (exact) mass is 472 g/mol. The van der Waals surface area contributed by atoms with Crippen LogP contribution in [-0.2, 0) is 9.53 Å². The molecule has 0 saturated carbocycles. The lowest BCUT2D eigenvalue weighted by Crippen LogP contribution is -2.30. The predicted molar refractivity (Wildman–Crippen MR) is 126 cm³/mol. The van der Waals surface area contributed by atoms with E-state index in [4.69, 9.17) is 9.47 Å². The number of nitrogens with zero attached hydrogens (tertiary/aromatic N) is 3. The lowest BCUT2D eigenvalue weighted by molar-refractivity contribution is -0.118. The summed E-state index contributed by atoms with van der Waals surface area (Å²) in [7, 11) is 0. The van der Waals surface area contributed by atoms with Crippen LogP contribution in [0.15, 0.2) is 24.5 Å². The molecule has 1 N–H and O–H groups in total. The fourth-order valence-electron chi connectivity index (χ4n) is 3.44. The number of thiophene rings is 1. The van der Waals surface area contributed by atoms with Crippen molar-refractivity contribution >= 4 is 39.8 Å². The molecule has 0 aliphatic rings. The molecule has 0 aromatic carbocycles. The topological polar surface area (TPSA) is 102 Å². The van der Waals surface area contributed by atoms with Crippen LogP contribution in [-0.4, -0.2) is 58.4 Å². The number of pyridine rings is 1. The van der Waals surface area contributed by atoms with Crippen molar-refractivity contribution in [3.63, 3.8) is 0 Å². The number of esters is 1. The van der Waals surface area contributed by atoms with E-state index in [2.05, 4.69) is 10.3 Å². The van der Waals surface area contributed by atoms with Gasteiger partial charge in [0.05, 0.1) is 22.7 Å². The Bertz CT molecular complexity index is 1180. The van der Waals surface area contributed by atoms with Crippen molar-refractivity contribution in [2.45, 2.75) is 34.6 Å². The number of rotatable bonds is 9. The number of amides is 2. The number of aryl methyl sites for hydroxylation is 1. The highest BCUT2D eigenvalue weighted by molar-refractivity contribution is 7.18. The van der Waals surface area contributed by atoms with Gasteiger partial charge in [0.15, 0.2) is 18.0 Å². The van der Waals surface area contributed by atoms with E-state index in [0.717, 1.165) is 17.0 Å². The van der Waals surface area contributed by atoms with Gasteiger partial charge in [-0.2, -0.15) is 0 Å². The van der Waals surface area contributed by atoms with Crippen molar-refractivity contribution < 1.29 is 23.9 Å². The minimum atomic E-state index is -0.585. The lowest BCUT2D eigenvalue weighted by atomic mass is 10.1. The van der Waals surface area contributed by atoms with Crippen molar-refractivity contribution in [1.29, 1.82) is 0 Å². The quantitative estimate of drug-likeness (QED) is 0.477. The molecule has 0 spiro atoms. The SMILES string of the molecule is CCOC(=O)c1c(NC(=O)COc2cccn3cc(C)nc23)sc(C(=O)N(CC)CC)c1C. The molecule has 3 aromatic rings. The van der Waals surface area contributed by atoms with Crippen LogP contribution in [0.2, 0.25) is 0 Å². The Hall–Kier alpha value is -3.40. The Morgan fingerprint density at radius 2 is 1.91 bits per heavy atom. The number of hydrogen-bond donors (Lipinski definition) is 1. The molecule has 33 heavy (non-hydrogen) atoms. The first-order valence-electron chi connectivity index (χ1n) is 10.8. The van der Waals surface area contributed by atoms with Crippen LogP contribution in [0.1, 0.15) is 52.1 Å². The second-order valence-electron chi connectivity index (χ2n) is 7.28. The number of hydrogen-bond acceptors (Lipinski definition) is 7. The average Bonchev–Trinajstić information content (AvgIpc) is 3.32. The Morgan fingerprint density at radius 3 is 2.58 bits per heavy atom. The van der Waals surface area contributed by atoms with Gasteiger partial charge in [0.1, 0.15) is 5.00 Å². The summed E-state index contributed by atoms with van der Waals surface area (Å²) >= 11 is 1.07. The Balaban J connectivity index is 1.83. The number of carbonyl (C=O) groups excluding carboxylic acids is 3. The highest BCUT2D eigenvalue weighted by atomic mass is 32.1. The fraction of sp³-hybridized carbons (Fsp3) is 0.391. The summed E-state index contributed by atoms with van der Waals surface area (Å²) in [5.41, 5.74) is 2.11. The van der Waals surface area contributed by atoms with Crippen LogP contribution in [0.4, 0.5) is 5.00 Å². The van der Waals surface area contributed by atoms with Gasteiger partial charge in [-0.25, -0.2) is 9.78 Å². The first kappa shape index (κ1) is 24.2. The highest BCUT2D eigenvalue weighted by Crippen LogP contribution is 2.34. The second kappa shape index (κ2) is 10.5. The zero-order valence-electron chi connectivity index (χ0n) is 19.4. The van der Waals surface area contributed by atoms with Gasteiger partial charge in [-0.05, 0) is 52.3 Å². The summed E-state index contributed by atoms with van der Waals surface area (Å²) in [5, 5.41) is 2.99. The van der Waals surface area contributed by atoms with Crippen LogP contribution >= 0.6 is 11.3 Å². The number of aromatic nitrogens is 2. The van der Waals surface area contributed by atoms with Crippen molar-refractivity contribution in [2.75, 3.05) is 31.6 Å². The van der Waals surface area contributed by atoms with Crippen LogP contribution < -0.4 is 10.1 Å². The zero-order chi connectivity index (χ0) is 24.1. The third-order valence-corrected chi connectivity index (χ3v) is 6.25. The molecule has 0 saturated heterocycles. The molecule has 3 aromatic heterocycles. The molecule has 3 rings (SSSR count). The van der Waals surface area contributed by atoms with Gasteiger partial charge < -0.3 is 24.1 Å². The molecule has 176 valence electrons. The number of imidazole rings is 1. The number of fused-ring (bicyclic) bond motifs is 1. The van der Waals surface area contributed by atoms with E-state index in [1.807, 2.05) is 37.6 Å². The average molecular weight is 473 g/mol. The van der Waals surface area contributed by atoms with E-state index in [1.165, 1.54) is 0 Å². The van der Waals surface area contributed by atoms with Crippen LogP contribution in [0.5, 0.6) is 5.75 Å². The summed E-state index contributed by atoms with van der Waals surface area (Å²) in [6.45, 7) is 10.00. The molecule has 0 unspecified atom stereocenters. The standard InChI is InChI=1S/C23H28N4O5S/c1-6-26(7-2)22(29)19-15(5)18(23(30)31-8-3)21(33-19)25-17(28)13-32-16-10-9-11-27-12-14(4)24-20(16)27/h9-12H,6-8,13H2,1-5H3,(H,25,28). The highest BCUT2D eigenvalue weighted by Gasteiger charge is 2.28. The van der Waals surface area contributed by atoms with E-state index < -0.39 is 11.9 Å². The zero-order valence-corrected chi connectivity index (χ0v) is 20.2. The molecular weight excluding hydrogens is 444 g/mol. The Labute approximate surface area is 196 Å². The maximum absolute atomic E-state index is 12.9. The Morgan fingerprint density at radius 1 is 1.18 bits per heavy atom. The molecule has 0 fully saturated rings. The minimum Gasteiger partial charge on any atom is -0.480 e. The third kappa shape index (κ3) is 5.16. The van der Waals surface area contributed by atoms with Crippen molar-refractivity contribution in [2.24, 2.45) is 0 Å². The van der Waals surface area contributed by atoms with Gasteiger partial charge >= 0.3 is 5.97 Å². The first-order chi connectivity index (χ1) is 15.8. The number of anilines is 1. The largest absolute Gasteiger partial charge is 0.480 e. The van der Waals surface area contributed by atoms with Gasteiger partial charge in [0.2, 0.25) is 0 Å². The second-order valence-corrected chi connectivity index (χ2v) is 8.30. The minimum absolute atomic E-state index is 0.178. The maximum Gasteiger partial charge on any atom is 0.341 e. The predicted octanol–water partition coefficient (Wildman–Crippen LogP) is 3.69.